The van der Waals surface area contributed by atoms with Gasteiger partial charge >= 0.3 is 0 Å². The van der Waals surface area contributed by atoms with Gasteiger partial charge in [0.1, 0.15) is 0 Å². The van der Waals surface area contributed by atoms with E-state index in [-0.39, 0.29) is 17.7 Å². The van der Waals surface area contributed by atoms with Crippen LogP contribution in [-0.4, -0.2) is 47.8 Å². The van der Waals surface area contributed by atoms with Crippen LogP contribution in [0.5, 0.6) is 0 Å². The number of rotatable bonds is 5. The first kappa shape index (κ1) is 21.8. The van der Waals surface area contributed by atoms with Gasteiger partial charge in [0.25, 0.3) is 5.91 Å². The molecular formula is C25H30ClN3O2. The highest BCUT2D eigenvalue weighted by atomic mass is 35.5. The zero-order valence-corrected chi connectivity index (χ0v) is 18.6. The van der Waals surface area contributed by atoms with E-state index in [0.29, 0.717) is 17.8 Å². The third kappa shape index (κ3) is 5.46. The van der Waals surface area contributed by atoms with Crippen molar-refractivity contribution in [2.24, 2.45) is 5.92 Å². The van der Waals surface area contributed by atoms with Crippen molar-refractivity contribution in [3.05, 3.63) is 64.7 Å². The van der Waals surface area contributed by atoms with Crippen LogP contribution in [0.25, 0.3) is 0 Å². The fourth-order valence-corrected chi connectivity index (χ4v) is 4.76. The van der Waals surface area contributed by atoms with E-state index in [1.165, 1.54) is 6.42 Å². The van der Waals surface area contributed by atoms with Gasteiger partial charge in [-0.3, -0.25) is 14.5 Å². The van der Waals surface area contributed by atoms with Crippen LogP contribution in [0.2, 0.25) is 5.02 Å². The Hall–Kier alpha value is -2.37. The average Bonchev–Trinajstić information content (AvgIpc) is 2.81. The first-order chi connectivity index (χ1) is 15.1. The van der Waals surface area contributed by atoms with Gasteiger partial charge in [0.05, 0.1) is 17.2 Å². The Labute approximate surface area is 189 Å². The molecule has 6 heteroatoms. The number of likely N-dealkylation sites (tertiary alicyclic amines) is 2. The van der Waals surface area contributed by atoms with Crippen LogP contribution >= 0.6 is 11.6 Å². The number of anilines is 1. The monoisotopic (exact) mass is 439 g/mol. The molecular weight excluding hydrogens is 410 g/mol. The number of piperidine rings is 2. The minimum Gasteiger partial charge on any atom is -0.339 e. The van der Waals surface area contributed by atoms with Gasteiger partial charge in [0.15, 0.2) is 0 Å². The largest absolute Gasteiger partial charge is 0.339 e. The van der Waals surface area contributed by atoms with Gasteiger partial charge in [-0.1, -0.05) is 41.9 Å². The van der Waals surface area contributed by atoms with Crippen molar-refractivity contribution in [1.29, 1.82) is 0 Å². The predicted octanol–water partition coefficient (Wildman–Crippen LogP) is 4.82. The Bertz CT molecular complexity index is 926. The van der Waals surface area contributed by atoms with Gasteiger partial charge in [-0.05, 0) is 62.4 Å². The molecule has 2 aromatic carbocycles. The molecule has 0 spiro atoms. The van der Waals surface area contributed by atoms with Crippen molar-refractivity contribution in [1.82, 2.24) is 9.80 Å². The highest BCUT2D eigenvalue weighted by Gasteiger charge is 2.28. The van der Waals surface area contributed by atoms with E-state index in [4.69, 9.17) is 11.6 Å². The predicted molar refractivity (Wildman–Crippen MR) is 124 cm³/mol. The summed E-state index contributed by atoms with van der Waals surface area (Å²) >= 11 is 6.32. The van der Waals surface area contributed by atoms with Crippen molar-refractivity contribution in [3.8, 4) is 0 Å². The summed E-state index contributed by atoms with van der Waals surface area (Å²) in [6, 6.07) is 15.2. The molecule has 0 saturated carbocycles. The Morgan fingerprint density at radius 1 is 0.935 bits per heavy atom. The van der Waals surface area contributed by atoms with Crippen LogP contribution in [0.4, 0.5) is 5.69 Å². The lowest BCUT2D eigenvalue weighted by Gasteiger charge is -2.32. The first-order valence-corrected chi connectivity index (χ1v) is 11.6. The van der Waals surface area contributed by atoms with E-state index in [9.17, 15) is 9.59 Å². The summed E-state index contributed by atoms with van der Waals surface area (Å²) in [6.07, 6.45) is 5.09. The summed E-state index contributed by atoms with van der Waals surface area (Å²) < 4.78 is 0. The normalized spacial score (nSPS) is 19.8. The van der Waals surface area contributed by atoms with Crippen LogP contribution in [0.15, 0.2) is 48.5 Å². The molecule has 0 aromatic heterocycles. The highest BCUT2D eigenvalue weighted by Crippen LogP contribution is 2.25. The zero-order valence-electron chi connectivity index (χ0n) is 17.9. The third-order valence-corrected chi connectivity index (χ3v) is 6.66. The number of para-hydroxylation sites is 1. The van der Waals surface area contributed by atoms with Gasteiger partial charge in [-0.25, -0.2) is 0 Å². The van der Waals surface area contributed by atoms with Crippen molar-refractivity contribution in [3.63, 3.8) is 0 Å². The minimum atomic E-state index is -0.102. The lowest BCUT2D eigenvalue weighted by atomic mass is 9.96. The minimum absolute atomic E-state index is 0.0113. The van der Waals surface area contributed by atoms with Crippen LogP contribution in [-0.2, 0) is 11.3 Å². The molecule has 2 heterocycles. The molecule has 0 aliphatic carbocycles. The summed E-state index contributed by atoms with van der Waals surface area (Å²) in [5.74, 6) is -0.100. The second kappa shape index (κ2) is 10.3. The number of benzene rings is 2. The molecule has 2 amide bonds. The number of nitrogens with zero attached hydrogens (tertiary/aromatic N) is 2. The molecule has 1 atom stereocenters. The van der Waals surface area contributed by atoms with E-state index in [1.54, 1.807) is 0 Å². The maximum absolute atomic E-state index is 13.1. The highest BCUT2D eigenvalue weighted by molar-refractivity contribution is 6.31. The quantitative estimate of drug-likeness (QED) is 0.726. The van der Waals surface area contributed by atoms with E-state index in [2.05, 4.69) is 10.2 Å². The Morgan fingerprint density at radius 2 is 1.68 bits per heavy atom. The topological polar surface area (TPSA) is 52.7 Å². The molecule has 0 radical (unpaired) electrons. The molecule has 164 valence electrons. The van der Waals surface area contributed by atoms with Crippen LogP contribution in [0, 0.1) is 5.92 Å². The second-order valence-electron chi connectivity index (χ2n) is 8.55. The smallest absolute Gasteiger partial charge is 0.255 e. The molecule has 1 N–H and O–H groups in total. The van der Waals surface area contributed by atoms with Crippen molar-refractivity contribution < 1.29 is 9.59 Å². The van der Waals surface area contributed by atoms with Crippen molar-refractivity contribution in [2.45, 2.75) is 38.6 Å². The van der Waals surface area contributed by atoms with E-state index < -0.39 is 0 Å². The number of hydrogen-bond acceptors (Lipinski definition) is 3. The summed E-state index contributed by atoms with van der Waals surface area (Å²) in [5.41, 5.74) is 2.29. The molecule has 31 heavy (non-hydrogen) atoms. The Morgan fingerprint density at radius 3 is 2.48 bits per heavy atom. The lowest BCUT2D eigenvalue weighted by molar-refractivity contribution is -0.121. The van der Waals surface area contributed by atoms with Crippen LogP contribution in [0.1, 0.15) is 48.0 Å². The van der Waals surface area contributed by atoms with Crippen LogP contribution in [0.3, 0.4) is 0 Å². The average molecular weight is 440 g/mol. The summed E-state index contributed by atoms with van der Waals surface area (Å²) in [4.78, 5) is 30.3. The second-order valence-corrected chi connectivity index (χ2v) is 8.96. The van der Waals surface area contributed by atoms with Gasteiger partial charge in [0.2, 0.25) is 5.91 Å². The van der Waals surface area contributed by atoms with Gasteiger partial charge in [0, 0.05) is 31.2 Å². The number of hydrogen-bond donors (Lipinski definition) is 1. The standard InChI is InChI=1S/C25H30ClN3O2/c26-22-12-4-2-9-19(22)17-28-14-8-10-20(18-28)24(30)27-23-13-5-3-11-21(23)25(31)29-15-6-1-7-16-29/h2-5,9,11-13,20H,1,6-8,10,14-18H2,(H,27,30)/t20-/m0/s1. The zero-order chi connectivity index (χ0) is 21.6. The molecule has 0 bridgehead atoms. The maximum atomic E-state index is 13.1. The van der Waals surface area contributed by atoms with Crippen molar-refractivity contribution in [2.75, 3.05) is 31.5 Å². The molecule has 2 aliphatic heterocycles. The SMILES string of the molecule is O=C(Nc1ccccc1C(=O)N1CCCCC1)[C@H]1CCCN(Cc2ccccc2Cl)C1. The summed E-state index contributed by atoms with van der Waals surface area (Å²) in [5, 5.41) is 3.82. The van der Waals surface area contributed by atoms with Gasteiger partial charge in [-0.15, -0.1) is 0 Å². The molecule has 2 aliphatic rings. The third-order valence-electron chi connectivity index (χ3n) is 6.29. The molecule has 0 unspecified atom stereocenters. The number of carbonyl (C=O) groups excluding carboxylic acids is 2. The van der Waals surface area contributed by atoms with Crippen LogP contribution < -0.4 is 5.32 Å². The van der Waals surface area contributed by atoms with E-state index in [1.807, 2.05) is 53.4 Å². The molecule has 2 saturated heterocycles. The molecule has 4 rings (SSSR count). The number of halogens is 1. The number of nitrogens with one attached hydrogen (secondary N) is 1. The molecule has 2 aromatic rings. The van der Waals surface area contributed by atoms with E-state index >= 15 is 0 Å². The summed E-state index contributed by atoms with van der Waals surface area (Å²) in [7, 11) is 0. The summed E-state index contributed by atoms with van der Waals surface area (Å²) in [6.45, 7) is 3.98. The molecule has 2 fully saturated rings. The van der Waals surface area contributed by atoms with E-state index in [0.717, 1.165) is 62.4 Å². The number of amides is 2. The Balaban J connectivity index is 1.41. The molecule has 5 nitrogen and oxygen atoms in total. The van der Waals surface area contributed by atoms with Crippen molar-refractivity contribution >= 4 is 29.1 Å². The van der Waals surface area contributed by atoms with Gasteiger partial charge in [-0.2, -0.15) is 0 Å². The van der Waals surface area contributed by atoms with Gasteiger partial charge < -0.3 is 10.2 Å². The Kier molecular flexibility index (Phi) is 7.25. The fourth-order valence-electron chi connectivity index (χ4n) is 4.56. The lowest BCUT2D eigenvalue weighted by Crippen LogP contribution is -2.40. The number of carbonyl (C=O) groups is 2. The maximum Gasteiger partial charge on any atom is 0.255 e. The fraction of sp³-hybridized carbons (Fsp3) is 0.440. The first-order valence-electron chi connectivity index (χ1n) is 11.3.